The second-order valence-corrected chi connectivity index (χ2v) is 8.45. The monoisotopic (exact) mass is 374 g/mol. The van der Waals surface area contributed by atoms with Crippen LogP contribution in [0.5, 0.6) is 0 Å². The zero-order valence-corrected chi connectivity index (χ0v) is 16.6. The molecule has 0 aliphatic carbocycles. The molecule has 2 N–H and O–H groups in total. The number of unbranched alkanes of at least 4 members (excludes halogenated alkanes) is 1. The van der Waals surface area contributed by atoms with E-state index in [2.05, 4.69) is 65.5 Å². The maximum atomic E-state index is 11.7. The molecule has 5 heteroatoms. The first kappa shape index (κ1) is 20.6. The van der Waals surface area contributed by atoms with Gasteiger partial charge >= 0.3 is 0 Å². The van der Waals surface area contributed by atoms with Crippen LogP contribution in [-0.4, -0.2) is 27.3 Å². The van der Waals surface area contributed by atoms with Gasteiger partial charge in [0.25, 0.3) is 0 Å². The Morgan fingerprint density at radius 1 is 1.08 bits per heavy atom. The fourth-order valence-corrected chi connectivity index (χ4v) is 4.13. The van der Waals surface area contributed by atoms with Crippen LogP contribution in [-0.2, 0) is 10.0 Å². The number of nitrogens with one attached hydrogen (secondary N) is 2. The molecule has 0 spiro atoms. The molecule has 0 radical (unpaired) electrons. The van der Waals surface area contributed by atoms with E-state index in [1.54, 1.807) is 0 Å². The van der Waals surface area contributed by atoms with Crippen molar-refractivity contribution in [2.45, 2.75) is 39.2 Å². The molecule has 0 aliphatic rings. The molecule has 0 saturated heterocycles. The van der Waals surface area contributed by atoms with Crippen molar-refractivity contribution >= 4 is 20.8 Å². The quantitative estimate of drug-likeness (QED) is 0.459. The number of rotatable bonds is 11. The topological polar surface area (TPSA) is 58.2 Å². The summed E-state index contributed by atoms with van der Waals surface area (Å²) >= 11 is 0. The first-order valence-corrected chi connectivity index (χ1v) is 11.0. The predicted molar refractivity (Wildman–Crippen MR) is 111 cm³/mol. The normalized spacial score (nSPS) is 13.5. The van der Waals surface area contributed by atoms with Gasteiger partial charge in [0.15, 0.2) is 0 Å². The Kier molecular flexibility index (Phi) is 8.29. The molecule has 142 valence electrons. The van der Waals surface area contributed by atoms with Crippen LogP contribution in [0, 0.1) is 0 Å². The molecular weight excluding hydrogens is 344 g/mol. The van der Waals surface area contributed by atoms with Crippen LogP contribution in [0.15, 0.2) is 54.6 Å². The molecule has 1 atom stereocenters. The van der Waals surface area contributed by atoms with E-state index in [1.807, 2.05) is 13.0 Å². The largest absolute Gasteiger partial charge is 0.307 e. The van der Waals surface area contributed by atoms with Crippen LogP contribution in [0.3, 0.4) is 0 Å². The highest BCUT2D eigenvalue weighted by atomic mass is 32.2. The molecule has 2 rings (SSSR count). The van der Waals surface area contributed by atoms with Crippen molar-refractivity contribution in [3.8, 4) is 0 Å². The van der Waals surface area contributed by atoms with Gasteiger partial charge in [-0.25, -0.2) is 13.1 Å². The summed E-state index contributed by atoms with van der Waals surface area (Å²) in [5, 5.41) is 6.03. The summed E-state index contributed by atoms with van der Waals surface area (Å²) in [4.78, 5) is 0. The molecule has 2 aromatic rings. The Morgan fingerprint density at radius 3 is 2.65 bits per heavy atom. The molecule has 4 nitrogen and oxygen atoms in total. The molecule has 0 aromatic heterocycles. The minimum absolute atomic E-state index is 0.220. The number of hydrogen-bond acceptors (Lipinski definition) is 3. The zero-order valence-electron chi connectivity index (χ0n) is 15.7. The molecule has 26 heavy (non-hydrogen) atoms. The molecule has 0 fully saturated rings. The average molecular weight is 375 g/mol. The Balaban J connectivity index is 1.74. The van der Waals surface area contributed by atoms with Gasteiger partial charge in [0.05, 0.1) is 5.75 Å². The van der Waals surface area contributed by atoms with E-state index in [0.717, 1.165) is 13.0 Å². The van der Waals surface area contributed by atoms with E-state index in [-0.39, 0.29) is 11.8 Å². The van der Waals surface area contributed by atoms with Crippen molar-refractivity contribution in [2.24, 2.45) is 0 Å². The highest BCUT2D eigenvalue weighted by Gasteiger charge is 2.08. The molecule has 0 unspecified atom stereocenters. The lowest BCUT2D eigenvalue weighted by Crippen LogP contribution is -2.27. The summed E-state index contributed by atoms with van der Waals surface area (Å²) < 4.78 is 26.0. The summed E-state index contributed by atoms with van der Waals surface area (Å²) in [6, 6.07) is 15.1. The fourth-order valence-electron chi connectivity index (χ4n) is 2.89. The van der Waals surface area contributed by atoms with E-state index in [0.29, 0.717) is 19.4 Å². The van der Waals surface area contributed by atoms with E-state index >= 15 is 0 Å². The average Bonchev–Trinajstić information content (AvgIpc) is 2.65. The van der Waals surface area contributed by atoms with Crippen LogP contribution in [0.25, 0.3) is 10.8 Å². The van der Waals surface area contributed by atoms with Gasteiger partial charge in [-0.05, 0) is 36.1 Å². The van der Waals surface area contributed by atoms with Gasteiger partial charge in [0.2, 0.25) is 10.0 Å². The maximum Gasteiger partial charge on any atom is 0.211 e. The summed E-state index contributed by atoms with van der Waals surface area (Å²) in [5.74, 6) is 0.220. The third-order valence-electron chi connectivity index (χ3n) is 4.40. The number of fused-ring (bicyclic) bond motifs is 1. The van der Waals surface area contributed by atoms with E-state index in [9.17, 15) is 8.42 Å². The predicted octanol–water partition coefficient (Wildman–Crippen LogP) is 4.16. The Morgan fingerprint density at radius 2 is 1.85 bits per heavy atom. The van der Waals surface area contributed by atoms with Crippen molar-refractivity contribution in [2.75, 3.05) is 18.8 Å². The standard InChI is InChI=1S/C21H30N2O2S/c1-3-4-17-26(24,25)23-16-9-5-8-15-22-18(2)20-14-10-12-19-11-6-7-13-21(19)20/h5-8,10-14,18,22-23H,3-4,9,15-17H2,1-2H3/b8-5+/t18-/m1/s1. The fraction of sp³-hybridized carbons (Fsp3) is 0.429. The van der Waals surface area contributed by atoms with Crippen molar-refractivity contribution in [1.82, 2.24) is 10.0 Å². The Labute approximate surface area is 157 Å². The molecular formula is C21H30N2O2S. The lowest BCUT2D eigenvalue weighted by atomic mass is 10.00. The van der Waals surface area contributed by atoms with Gasteiger partial charge in [0, 0.05) is 19.1 Å². The van der Waals surface area contributed by atoms with Crippen LogP contribution in [0.4, 0.5) is 0 Å². The number of hydrogen-bond donors (Lipinski definition) is 2. The first-order chi connectivity index (χ1) is 12.5. The SMILES string of the molecule is CCCCS(=O)(=O)NCC/C=C/CN[C@H](C)c1cccc2ccccc12. The minimum atomic E-state index is -3.11. The van der Waals surface area contributed by atoms with Crippen LogP contribution in [0.2, 0.25) is 0 Å². The summed E-state index contributed by atoms with van der Waals surface area (Å²) in [5.41, 5.74) is 1.29. The molecule has 2 aromatic carbocycles. The van der Waals surface area contributed by atoms with Crippen molar-refractivity contribution < 1.29 is 8.42 Å². The second-order valence-electron chi connectivity index (χ2n) is 6.53. The lowest BCUT2D eigenvalue weighted by molar-refractivity contribution is 0.578. The first-order valence-electron chi connectivity index (χ1n) is 9.37. The second kappa shape index (κ2) is 10.5. The lowest BCUT2D eigenvalue weighted by Gasteiger charge is -2.15. The Bertz CT molecular complexity index is 810. The van der Waals surface area contributed by atoms with E-state index in [4.69, 9.17) is 0 Å². The van der Waals surface area contributed by atoms with Crippen LogP contribution in [0.1, 0.15) is 44.7 Å². The molecule has 0 bridgehead atoms. The summed E-state index contributed by atoms with van der Waals surface area (Å²) in [6.07, 6.45) is 6.38. The zero-order chi connectivity index (χ0) is 18.8. The summed E-state index contributed by atoms with van der Waals surface area (Å²) in [6.45, 7) is 5.37. The minimum Gasteiger partial charge on any atom is -0.307 e. The van der Waals surface area contributed by atoms with Gasteiger partial charge in [-0.15, -0.1) is 0 Å². The third-order valence-corrected chi connectivity index (χ3v) is 5.87. The van der Waals surface area contributed by atoms with Gasteiger partial charge in [-0.2, -0.15) is 0 Å². The third kappa shape index (κ3) is 6.56. The highest BCUT2D eigenvalue weighted by molar-refractivity contribution is 7.89. The Hall–Kier alpha value is -1.69. The van der Waals surface area contributed by atoms with E-state index < -0.39 is 10.0 Å². The molecule has 0 amide bonds. The molecule has 0 heterocycles. The smallest absolute Gasteiger partial charge is 0.211 e. The van der Waals surface area contributed by atoms with Crippen LogP contribution >= 0.6 is 0 Å². The highest BCUT2D eigenvalue weighted by Crippen LogP contribution is 2.23. The number of sulfonamides is 1. The van der Waals surface area contributed by atoms with E-state index in [1.165, 1.54) is 16.3 Å². The van der Waals surface area contributed by atoms with Gasteiger partial charge in [-0.3, -0.25) is 0 Å². The maximum absolute atomic E-state index is 11.7. The van der Waals surface area contributed by atoms with Crippen molar-refractivity contribution in [1.29, 1.82) is 0 Å². The number of benzene rings is 2. The molecule has 0 saturated carbocycles. The van der Waals surface area contributed by atoms with Crippen LogP contribution < -0.4 is 10.0 Å². The van der Waals surface area contributed by atoms with Crippen molar-refractivity contribution in [3.05, 3.63) is 60.2 Å². The molecule has 0 aliphatic heterocycles. The van der Waals surface area contributed by atoms with Gasteiger partial charge in [-0.1, -0.05) is 68.0 Å². The summed E-state index contributed by atoms with van der Waals surface area (Å²) in [7, 11) is -3.11. The van der Waals surface area contributed by atoms with Gasteiger partial charge < -0.3 is 5.32 Å². The van der Waals surface area contributed by atoms with Crippen molar-refractivity contribution in [3.63, 3.8) is 0 Å². The van der Waals surface area contributed by atoms with Gasteiger partial charge in [0.1, 0.15) is 0 Å².